The first-order valence-electron chi connectivity index (χ1n) is 12.5. The number of ether oxygens (including phenoxy) is 2. The van der Waals surface area contributed by atoms with Crippen LogP contribution in [0.3, 0.4) is 0 Å². The summed E-state index contributed by atoms with van der Waals surface area (Å²) in [6.07, 6.45) is 2.61. The van der Waals surface area contributed by atoms with E-state index in [1.165, 1.54) is 0 Å². The van der Waals surface area contributed by atoms with Gasteiger partial charge in [-0.25, -0.2) is 0 Å². The number of methoxy groups -OCH3 is 2. The van der Waals surface area contributed by atoms with Gasteiger partial charge in [0, 0.05) is 18.2 Å². The number of carbonyl (C=O) groups is 2. The molecular formula is C30H32N2O4. The second kappa shape index (κ2) is 10.1. The first-order chi connectivity index (χ1) is 17.5. The summed E-state index contributed by atoms with van der Waals surface area (Å²) in [6, 6.07) is 21.4. The SMILES string of the molecule is COc1ccc(CCNC(=O)[C@@H]2c3ccccc3C(=O)N(C3CC3)[C@@H]2c2cccc(C)c2)cc1OC. The molecule has 36 heavy (non-hydrogen) atoms. The Hall–Kier alpha value is -3.80. The van der Waals surface area contributed by atoms with Crippen molar-refractivity contribution < 1.29 is 19.1 Å². The van der Waals surface area contributed by atoms with Crippen molar-refractivity contribution in [1.82, 2.24) is 10.2 Å². The predicted octanol–water partition coefficient (Wildman–Crippen LogP) is 4.81. The van der Waals surface area contributed by atoms with Gasteiger partial charge in [-0.2, -0.15) is 0 Å². The molecule has 186 valence electrons. The Bertz CT molecular complexity index is 1280. The monoisotopic (exact) mass is 484 g/mol. The maximum Gasteiger partial charge on any atom is 0.254 e. The molecule has 6 heteroatoms. The highest BCUT2D eigenvalue weighted by molar-refractivity contribution is 6.01. The Morgan fingerprint density at radius 2 is 1.75 bits per heavy atom. The summed E-state index contributed by atoms with van der Waals surface area (Å²) < 4.78 is 10.7. The summed E-state index contributed by atoms with van der Waals surface area (Å²) in [6.45, 7) is 2.52. The maximum atomic E-state index is 13.8. The van der Waals surface area contributed by atoms with Crippen molar-refractivity contribution in [1.29, 1.82) is 0 Å². The van der Waals surface area contributed by atoms with Crippen LogP contribution < -0.4 is 14.8 Å². The average molecular weight is 485 g/mol. The molecule has 0 unspecified atom stereocenters. The molecule has 1 saturated carbocycles. The number of benzene rings is 3. The topological polar surface area (TPSA) is 67.9 Å². The standard InChI is InChI=1S/C30H32N2O4/c1-19-7-6-8-21(17-19)28-27(23-9-4-5-10-24(23)30(34)32(28)22-12-13-22)29(33)31-16-15-20-11-14-25(35-2)26(18-20)36-3/h4-11,14,17-18,22,27-28H,12-13,15-16H2,1-3H3,(H,31,33)/t27-,28-/m1/s1. The highest BCUT2D eigenvalue weighted by Gasteiger charge is 2.48. The first kappa shape index (κ1) is 23.9. The van der Waals surface area contributed by atoms with Crippen molar-refractivity contribution in [2.24, 2.45) is 0 Å². The van der Waals surface area contributed by atoms with Crippen LogP contribution in [0.2, 0.25) is 0 Å². The van der Waals surface area contributed by atoms with Gasteiger partial charge < -0.3 is 19.7 Å². The average Bonchev–Trinajstić information content (AvgIpc) is 3.73. The van der Waals surface area contributed by atoms with Crippen LogP contribution in [0.5, 0.6) is 11.5 Å². The second-order valence-electron chi connectivity index (χ2n) is 9.60. The van der Waals surface area contributed by atoms with Gasteiger partial charge in [-0.15, -0.1) is 0 Å². The molecule has 1 aliphatic carbocycles. The minimum absolute atomic E-state index is 0.0222. The minimum Gasteiger partial charge on any atom is -0.493 e. The van der Waals surface area contributed by atoms with Crippen LogP contribution in [0.1, 0.15) is 57.4 Å². The number of nitrogens with zero attached hydrogens (tertiary/aromatic N) is 1. The predicted molar refractivity (Wildman–Crippen MR) is 139 cm³/mol. The molecule has 2 atom stereocenters. The second-order valence-corrected chi connectivity index (χ2v) is 9.60. The van der Waals surface area contributed by atoms with E-state index in [4.69, 9.17) is 9.47 Å². The Balaban J connectivity index is 1.44. The molecule has 1 fully saturated rings. The molecule has 3 aromatic carbocycles. The highest BCUT2D eigenvalue weighted by atomic mass is 16.5. The fourth-order valence-electron chi connectivity index (χ4n) is 5.27. The third-order valence-electron chi connectivity index (χ3n) is 7.14. The van der Waals surface area contributed by atoms with Gasteiger partial charge in [-0.3, -0.25) is 9.59 Å². The fraction of sp³-hybridized carbons (Fsp3) is 0.333. The van der Waals surface area contributed by atoms with E-state index >= 15 is 0 Å². The van der Waals surface area contributed by atoms with Crippen molar-refractivity contribution in [3.05, 3.63) is 94.5 Å². The van der Waals surface area contributed by atoms with Gasteiger partial charge >= 0.3 is 0 Å². The normalized spacial score (nSPS) is 19.0. The molecule has 5 rings (SSSR count). The molecule has 0 radical (unpaired) electrons. The fourth-order valence-corrected chi connectivity index (χ4v) is 5.27. The van der Waals surface area contributed by atoms with Crippen molar-refractivity contribution >= 4 is 11.8 Å². The third kappa shape index (κ3) is 4.55. The van der Waals surface area contributed by atoms with Crippen LogP contribution in [-0.4, -0.2) is 43.5 Å². The van der Waals surface area contributed by atoms with E-state index in [0.717, 1.165) is 35.1 Å². The zero-order valence-corrected chi connectivity index (χ0v) is 21.0. The summed E-state index contributed by atoms with van der Waals surface area (Å²) >= 11 is 0. The lowest BCUT2D eigenvalue weighted by molar-refractivity contribution is -0.124. The van der Waals surface area contributed by atoms with Crippen LogP contribution in [0.25, 0.3) is 0 Å². The van der Waals surface area contributed by atoms with E-state index in [2.05, 4.69) is 11.4 Å². The molecule has 2 aliphatic rings. The van der Waals surface area contributed by atoms with Gasteiger partial charge in [-0.05, 0) is 61.1 Å². The number of carbonyl (C=O) groups excluding carboxylic acids is 2. The molecular weight excluding hydrogens is 452 g/mol. The summed E-state index contributed by atoms with van der Waals surface area (Å²) in [5, 5.41) is 3.17. The highest BCUT2D eigenvalue weighted by Crippen LogP contribution is 2.47. The zero-order chi connectivity index (χ0) is 25.2. The van der Waals surface area contributed by atoms with E-state index in [-0.39, 0.29) is 23.9 Å². The van der Waals surface area contributed by atoms with E-state index in [9.17, 15) is 9.59 Å². The molecule has 1 aliphatic heterocycles. The van der Waals surface area contributed by atoms with Crippen molar-refractivity contribution in [3.8, 4) is 11.5 Å². The number of fused-ring (bicyclic) bond motifs is 1. The number of hydrogen-bond acceptors (Lipinski definition) is 4. The Labute approximate surface area is 212 Å². The van der Waals surface area contributed by atoms with Crippen LogP contribution in [-0.2, 0) is 11.2 Å². The van der Waals surface area contributed by atoms with Crippen LogP contribution in [0, 0.1) is 6.92 Å². The molecule has 0 saturated heterocycles. The molecule has 0 bridgehead atoms. The molecule has 2 amide bonds. The molecule has 6 nitrogen and oxygen atoms in total. The van der Waals surface area contributed by atoms with Gasteiger partial charge in [0.05, 0.1) is 26.2 Å². The lowest BCUT2D eigenvalue weighted by Gasteiger charge is -2.42. The van der Waals surface area contributed by atoms with Crippen molar-refractivity contribution in [2.45, 2.75) is 44.2 Å². The van der Waals surface area contributed by atoms with E-state index in [1.54, 1.807) is 14.2 Å². The Kier molecular flexibility index (Phi) is 6.68. The summed E-state index contributed by atoms with van der Waals surface area (Å²) in [4.78, 5) is 29.4. The number of hydrogen-bond donors (Lipinski definition) is 1. The molecule has 0 aromatic heterocycles. The minimum atomic E-state index is -0.480. The lowest BCUT2D eigenvalue weighted by Crippen LogP contribution is -2.48. The summed E-state index contributed by atoms with van der Waals surface area (Å²) in [5.74, 6) is 0.823. The van der Waals surface area contributed by atoms with E-state index in [0.29, 0.717) is 30.0 Å². The first-order valence-corrected chi connectivity index (χ1v) is 12.5. The maximum absolute atomic E-state index is 13.8. The van der Waals surface area contributed by atoms with Crippen LogP contribution in [0.4, 0.5) is 0 Å². The Morgan fingerprint density at radius 3 is 2.47 bits per heavy atom. The van der Waals surface area contributed by atoms with E-state index < -0.39 is 5.92 Å². The van der Waals surface area contributed by atoms with Gasteiger partial charge in [0.15, 0.2) is 11.5 Å². The van der Waals surface area contributed by atoms with Crippen molar-refractivity contribution in [3.63, 3.8) is 0 Å². The third-order valence-corrected chi connectivity index (χ3v) is 7.14. The van der Waals surface area contributed by atoms with Gasteiger partial charge in [0.25, 0.3) is 5.91 Å². The zero-order valence-electron chi connectivity index (χ0n) is 21.0. The number of amides is 2. The van der Waals surface area contributed by atoms with Gasteiger partial charge in [-0.1, -0.05) is 54.1 Å². The quantitative estimate of drug-likeness (QED) is 0.498. The largest absolute Gasteiger partial charge is 0.493 e. The molecule has 1 heterocycles. The van der Waals surface area contributed by atoms with Crippen LogP contribution >= 0.6 is 0 Å². The van der Waals surface area contributed by atoms with Crippen molar-refractivity contribution in [2.75, 3.05) is 20.8 Å². The molecule has 0 spiro atoms. The number of aryl methyl sites for hydroxylation is 1. The lowest BCUT2D eigenvalue weighted by atomic mass is 9.78. The molecule has 1 N–H and O–H groups in total. The number of nitrogens with one attached hydrogen (secondary N) is 1. The Morgan fingerprint density at radius 1 is 0.972 bits per heavy atom. The van der Waals surface area contributed by atoms with E-state index in [1.807, 2.05) is 72.5 Å². The molecule has 3 aromatic rings. The van der Waals surface area contributed by atoms with Gasteiger partial charge in [0.1, 0.15) is 0 Å². The van der Waals surface area contributed by atoms with Gasteiger partial charge in [0.2, 0.25) is 5.91 Å². The summed E-state index contributed by atoms with van der Waals surface area (Å²) in [7, 11) is 3.22. The van der Waals surface area contributed by atoms with Crippen LogP contribution in [0.15, 0.2) is 66.7 Å². The summed E-state index contributed by atoms with van der Waals surface area (Å²) in [5.41, 5.74) is 4.59. The smallest absolute Gasteiger partial charge is 0.254 e. The number of rotatable bonds is 8.